The van der Waals surface area contributed by atoms with E-state index in [1.807, 2.05) is 31.2 Å². The Bertz CT molecular complexity index is 549. The molecule has 1 aromatic rings. The minimum atomic E-state index is 0.0670. The number of halogens is 1. The monoisotopic (exact) mass is 336 g/mol. The molecule has 1 heterocycles. The van der Waals surface area contributed by atoms with Crippen LogP contribution in [0.5, 0.6) is 0 Å². The number of nitrogens with zero attached hydrogens (tertiary/aromatic N) is 1. The summed E-state index contributed by atoms with van der Waals surface area (Å²) in [7, 11) is 0. The van der Waals surface area contributed by atoms with Crippen molar-refractivity contribution < 1.29 is 0 Å². The lowest BCUT2D eigenvalue weighted by molar-refractivity contribution is 0.740. The van der Waals surface area contributed by atoms with Crippen molar-refractivity contribution in [1.29, 1.82) is 0 Å². The van der Waals surface area contributed by atoms with Crippen LogP contribution in [0, 0.1) is 0 Å². The third kappa shape index (κ3) is 3.31. The van der Waals surface area contributed by atoms with Gasteiger partial charge in [0.05, 0.1) is 5.71 Å². The van der Waals surface area contributed by atoms with Crippen molar-refractivity contribution in [1.82, 2.24) is 0 Å². The fourth-order valence-electron chi connectivity index (χ4n) is 2.11. The van der Waals surface area contributed by atoms with Crippen LogP contribution in [-0.4, -0.2) is 16.7 Å². The van der Waals surface area contributed by atoms with E-state index < -0.39 is 0 Å². The number of hydrogen-bond donors (Lipinski definition) is 1. The summed E-state index contributed by atoms with van der Waals surface area (Å²) in [5.41, 5.74) is 3.11. The van der Waals surface area contributed by atoms with Crippen LogP contribution < -0.4 is 5.32 Å². The smallest absolute Gasteiger partial charge is 0.105 e. The summed E-state index contributed by atoms with van der Waals surface area (Å²) < 4.78 is 1.05. The standard InChI is InChI=1S/C15H17BrN2S/c1-3-5-12-11-9-10(16)7-8-13(11)18-15(19)14(17-12)6-4-2/h3,5,7-9,14H,4,6H2,1-2H3,(H,18,19). The average molecular weight is 337 g/mol. The number of allylic oxidation sites excluding steroid dienone is 2. The van der Waals surface area contributed by atoms with E-state index >= 15 is 0 Å². The Hall–Kier alpha value is -1.00. The maximum Gasteiger partial charge on any atom is 0.105 e. The normalized spacial score (nSPS) is 18.8. The van der Waals surface area contributed by atoms with Gasteiger partial charge in [0.15, 0.2) is 0 Å². The SMILES string of the molecule is CC=CC1=NC(CCC)C(=S)Nc2ccc(Br)cc21. The molecule has 4 heteroatoms. The Kier molecular flexibility index (Phi) is 4.88. The Morgan fingerprint density at radius 2 is 2.26 bits per heavy atom. The van der Waals surface area contributed by atoms with Crippen LogP contribution in [0.25, 0.3) is 0 Å². The van der Waals surface area contributed by atoms with Crippen LogP contribution in [0.4, 0.5) is 5.69 Å². The van der Waals surface area contributed by atoms with E-state index in [1.54, 1.807) is 0 Å². The van der Waals surface area contributed by atoms with Gasteiger partial charge in [-0.1, -0.05) is 47.6 Å². The van der Waals surface area contributed by atoms with Gasteiger partial charge >= 0.3 is 0 Å². The van der Waals surface area contributed by atoms with Crippen LogP contribution in [0.2, 0.25) is 0 Å². The molecule has 0 saturated heterocycles. The van der Waals surface area contributed by atoms with E-state index in [4.69, 9.17) is 17.2 Å². The molecule has 0 aliphatic carbocycles. The predicted octanol–water partition coefficient (Wildman–Crippen LogP) is 4.74. The number of benzene rings is 1. The van der Waals surface area contributed by atoms with Gasteiger partial charge in [0.1, 0.15) is 11.0 Å². The molecule has 1 aromatic carbocycles. The molecule has 1 aliphatic heterocycles. The Balaban J connectivity index is 2.53. The zero-order valence-corrected chi connectivity index (χ0v) is 13.5. The highest BCUT2D eigenvalue weighted by molar-refractivity contribution is 9.10. The summed E-state index contributed by atoms with van der Waals surface area (Å²) in [6.45, 7) is 4.16. The summed E-state index contributed by atoms with van der Waals surface area (Å²) in [5, 5.41) is 3.34. The van der Waals surface area contributed by atoms with Gasteiger partial charge in [-0.3, -0.25) is 4.99 Å². The Morgan fingerprint density at radius 1 is 1.47 bits per heavy atom. The molecule has 19 heavy (non-hydrogen) atoms. The van der Waals surface area contributed by atoms with Gasteiger partial charge in [-0.2, -0.15) is 0 Å². The second-order valence-electron chi connectivity index (χ2n) is 4.50. The van der Waals surface area contributed by atoms with Gasteiger partial charge in [-0.15, -0.1) is 0 Å². The summed E-state index contributed by atoms with van der Waals surface area (Å²) >= 11 is 8.99. The van der Waals surface area contributed by atoms with Crippen molar-refractivity contribution in [3.8, 4) is 0 Å². The summed E-state index contributed by atoms with van der Waals surface area (Å²) in [5.74, 6) is 0. The van der Waals surface area contributed by atoms with Crippen molar-refractivity contribution in [2.24, 2.45) is 4.99 Å². The average Bonchev–Trinajstić information content (AvgIpc) is 2.50. The highest BCUT2D eigenvalue weighted by atomic mass is 79.9. The molecule has 100 valence electrons. The predicted molar refractivity (Wildman–Crippen MR) is 90.4 cm³/mol. The molecule has 0 aromatic heterocycles. The molecule has 0 bridgehead atoms. The molecule has 2 rings (SSSR count). The number of aliphatic imine (C=N–C) groups is 1. The molecule has 0 spiro atoms. The Labute approximate surface area is 128 Å². The van der Waals surface area contributed by atoms with Crippen molar-refractivity contribution in [2.45, 2.75) is 32.7 Å². The van der Waals surface area contributed by atoms with E-state index in [2.05, 4.69) is 34.2 Å². The fourth-order valence-corrected chi connectivity index (χ4v) is 2.75. The largest absolute Gasteiger partial charge is 0.348 e. The molecule has 0 fully saturated rings. The van der Waals surface area contributed by atoms with Gasteiger partial charge in [0.25, 0.3) is 0 Å². The van der Waals surface area contributed by atoms with Crippen molar-refractivity contribution in [2.75, 3.05) is 5.32 Å². The first-order chi connectivity index (χ1) is 9.15. The maximum atomic E-state index is 5.47. The molecular formula is C15H17BrN2S. The van der Waals surface area contributed by atoms with Gasteiger partial charge in [0.2, 0.25) is 0 Å². The molecular weight excluding hydrogens is 320 g/mol. The number of fused-ring (bicyclic) bond motifs is 1. The molecule has 0 saturated carbocycles. The third-order valence-electron chi connectivity index (χ3n) is 3.00. The first-order valence-electron chi connectivity index (χ1n) is 6.47. The lowest BCUT2D eigenvalue weighted by atomic mass is 10.1. The summed E-state index contributed by atoms with van der Waals surface area (Å²) in [6.07, 6.45) is 6.10. The molecule has 1 N–H and O–H groups in total. The van der Waals surface area contributed by atoms with E-state index in [-0.39, 0.29) is 6.04 Å². The van der Waals surface area contributed by atoms with Crippen molar-refractivity contribution >= 4 is 44.5 Å². The molecule has 2 nitrogen and oxygen atoms in total. The van der Waals surface area contributed by atoms with Gasteiger partial charge < -0.3 is 5.32 Å². The van der Waals surface area contributed by atoms with Gasteiger partial charge in [-0.25, -0.2) is 0 Å². The number of rotatable bonds is 3. The minimum Gasteiger partial charge on any atom is -0.348 e. The van der Waals surface area contributed by atoms with Crippen LogP contribution in [0.1, 0.15) is 32.3 Å². The number of hydrogen-bond acceptors (Lipinski definition) is 2. The zero-order chi connectivity index (χ0) is 13.8. The quantitative estimate of drug-likeness (QED) is 0.806. The van der Waals surface area contributed by atoms with Crippen LogP contribution in [0.3, 0.4) is 0 Å². The molecule has 1 atom stereocenters. The molecule has 1 unspecified atom stereocenters. The van der Waals surface area contributed by atoms with E-state index in [1.165, 1.54) is 0 Å². The zero-order valence-electron chi connectivity index (χ0n) is 11.1. The second kappa shape index (κ2) is 6.44. The number of thiocarbonyl (C=S) groups is 1. The summed E-state index contributed by atoms with van der Waals surface area (Å²) in [4.78, 5) is 5.63. The van der Waals surface area contributed by atoms with Gasteiger partial charge in [-0.05, 0) is 37.6 Å². The first-order valence-corrected chi connectivity index (χ1v) is 7.67. The summed E-state index contributed by atoms with van der Waals surface area (Å²) in [6, 6.07) is 6.20. The third-order valence-corrected chi connectivity index (χ3v) is 3.87. The number of nitrogens with one attached hydrogen (secondary N) is 1. The number of benzodiazepines with no additional fused rings is 1. The van der Waals surface area contributed by atoms with Crippen LogP contribution in [-0.2, 0) is 0 Å². The highest BCUT2D eigenvalue weighted by Gasteiger charge is 2.20. The Morgan fingerprint density at radius 3 is 2.95 bits per heavy atom. The topological polar surface area (TPSA) is 24.4 Å². The highest BCUT2D eigenvalue weighted by Crippen LogP contribution is 2.26. The first kappa shape index (κ1) is 14.4. The maximum absolute atomic E-state index is 5.47. The van der Waals surface area contributed by atoms with Crippen molar-refractivity contribution in [3.63, 3.8) is 0 Å². The van der Waals surface area contributed by atoms with E-state index in [0.717, 1.165) is 39.3 Å². The lowest BCUT2D eigenvalue weighted by Gasteiger charge is -2.12. The second-order valence-corrected chi connectivity index (χ2v) is 5.85. The van der Waals surface area contributed by atoms with E-state index in [0.29, 0.717) is 0 Å². The fraction of sp³-hybridized carbons (Fsp3) is 0.333. The van der Waals surface area contributed by atoms with Crippen LogP contribution >= 0.6 is 28.1 Å². The molecule has 0 radical (unpaired) electrons. The lowest BCUT2D eigenvalue weighted by Crippen LogP contribution is -2.23. The van der Waals surface area contributed by atoms with Crippen LogP contribution in [0.15, 0.2) is 39.8 Å². The number of anilines is 1. The minimum absolute atomic E-state index is 0.0670. The molecule has 1 aliphatic rings. The van der Waals surface area contributed by atoms with Gasteiger partial charge in [0, 0.05) is 15.7 Å². The van der Waals surface area contributed by atoms with E-state index in [9.17, 15) is 0 Å². The molecule has 0 amide bonds. The van der Waals surface area contributed by atoms with Crippen molar-refractivity contribution in [3.05, 3.63) is 40.4 Å².